The molecule has 1 aromatic heterocycles. The summed E-state index contributed by atoms with van der Waals surface area (Å²) in [5.74, 6) is -0.764. The number of hydrogen-bond donors (Lipinski definition) is 0. The molecule has 4 heteroatoms. The monoisotopic (exact) mass is 258 g/mol. The van der Waals surface area contributed by atoms with Crippen LogP contribution in [0.2, 0.25) is 0 Å². The molecule has 0 aliphatic heterocycles. The number of benzene rings is 1. The van der Waals surface area contributed by atoms with Gasteiger partial charge in [-0.3, -0.25) is 4.79 Å². The fraction of sp³-hybridized carbons (Fsp3) is 0.200. The number of para-hydroxylation sites is 1. The Morgan fingerprint density at radius 3 is 2.58 bits per heavy atom. The Balaban J connectivity index is 2.35. The lowest BCUT2D eigenvalue weighted by molar-refractivity contribution is 0.0987. The third-order valence-corrected chi connectivity index (χ3v) is 2.94. The summed E-state index contributed by atoms with van der Waals surface area (Å²) in [5, 5.41) is 0. The molecule has 0 aliphatic rings. The van der Waals surface area contributed by atoms with E-state index >= 15 is 0 Å². The highest BCUT2D eigenvalue weighted by Crippen LogP contribution is 2.21. The standard InChI is InChI=1S/C15H15FN2O/c1-3-18(13-7-5-4-6-11(13)2)15(19)12-8-9-14(16)17-10-12/h4-10H,3H2,1-2H3. The number of pyridine rings is 1. The lowest BCUT2D eigenvalue weighted by Crippen LogP contribution is -2.31. The van der Waals surface area contributed by atoms with Crippen molar-refractivity contribution in [3.63, 3.8) is 0 Å². The first kappa shape index (κ1) is 13.2. The summed E-state index contributed by atoms with van der Waals surface area (Å²) >= 11 is 0. The normalized spacial score (nSPS) is 10.3. The summed E-state index contributed by atoms with van der Waals surface area (Å²) < 4.78 is 12.8. The van der Waals surface area contributed by atoms with Gasteiger partial charge in [-0.2, -0.15) is 4.39 Å². The van der Waals surface area contributed by atoms with Crippen LogP contribution < -0.4 is 4.90 Å². The minimum atomic E-state index is -0.588. The number of amides is 1. The molecule has 0 N–H and O–H groups in total. The maximum absolute atomic E-state index is 12.8. The molecule has 19 heavy (non-hydrogen) atoms. The molecule has 0 unspecified atom stereocenters. The van der Waals surface area contributed by atoms with Crippen molar-refractivity contribution < 1.29 is 9.18 Å². The minimum Gasteiger partial charge on any atom is -0.308 e. The van der Waals surface area contributed by atoms with Gasteiger partial charge in [-0.05, 0) is 37.6 Å². The van der Waals surface area contributed by atoms with Crippen molar-refractivity contribution in [1.29, 1.82) is 0 Å². The zero-order valence-corrected chi connectivity index (χ0v) is 10.9. The Bertz CT molecular complexity index is 581. The molecule has 0 fully saturated rings. The summed E-state index contributed by atoms with van der Waals surface area (Å²) in [7, 11) is 0. The van der Waals surface area contributed by atoms with Gasteiger partial charge in [-0.15, -0.1) is 0 Å². The first-order chi connectivity index (χ1) is 9.13. The van der Waals surface area contributed by atoms with E-state index in [0.29, 0.717) is 12.1 Å². The Labute approximate surface area is 111 Å². The molecule has 0 saturated carbocycles. The van der Waals surface area contributed by atoms with Crippen LogP contribution in [0.4, 0.5) is 10.1 Å². The van der Waals surface area contributed by atoms with E-state index < -0.39 is 5.95 Å². The topological polar surface area (TPSA) is 33.2 Å². The number of carbonyl (C=O) groups is 1. The number of hydrogen-bond acceptors (Lipinski definition) is 2. The highest BCUT2D eigenvalue weighted by atomic mass is 19.1. The number of anilines is 1. The third-order valence-electron chi connectivity index (χ3n) is 2.94. The Hall–Kier alpha value is -2.23. The van der Waals surface area contributed by atoms with E-state index in [1.54, 1.807) is 4.90 Å². The van der Waals surface area contributed by atoms with Crippen molar-refractivity contribution in [2.24, 2.45) is 0 Å². The fourth-order valence-electron chi connectivity index (χ4n) is 1.95. The number of aromatic nitrogens is 1. The maximum Gasteiger partial charge on any atom is 0.259 e. The SMILES string of the molecule is CCN(C(=O)c1ccc(F)nc1)c1ccccc1C. The molecule has 0 spiro atoms. The largest absolute Gasteiger partial charge is 0.308 e. The third kappa shape index (κ3) is 2.78. The zero-order chi connectivity index (χ0) is 13.8. The van der Waals surface area contributed by atoms with Gasteiger partial charge in [0.25, 0.3) is 5.91 Å². The highest BCUT2D eigenvalue weighted by Gasteiger charge is 2.17. The molecule has 0 radical (unpaired) electrons. The van der Waals surface area contributed by atoms with Gasteiger partial charge in [-0.25, -0.2) is 4.98 Å². The number of aryl methyl sites for hydroxylation is 1. The van der Waals surface area contributed by atoms with Gasteiger partial charge in [-0.1, -0.05) is 18.2 Å². The van der Waals surface area contributed by atoms with E-state index in [1.807, 2.05) is 38.1 Å². The molecule has 0 bridgehead atoms. The molecule has 0 saturated heterocycles. The van der Waals surface area contributed by atoms with Crippen LogP contribution in [0.3, 0.4) is 0 Å². The van der Waals surface area contributed by atoms with Gasteiger partial charge in [0.15, 0.2) is 0 Å². The van der Waals surface area contributed by atoms with Gasteiger partial charge < -0.3 is 4.90 Å². The van der Waals surface area contributed by atoms with E-state index in [2.05, 4.69) is 4.98 Å². The van der Waals surface area contributed by atoms with Crippen LogP contribution >= 0.6 is 0 Å². The minimum absolute atomic E-state index is 0.177. The van der Waals surface area contributed by atoms with Crippen LogP contribution in [0.1, 0.15) is 22.8 Å². The second-order valence-electron chi connectivity index (χ2n) is 4.21. The second kappa shape index (κ2) is 5.61. The smallest absolute Gasteiger partial charge is 0.259 e. The first-order valence-electron chi connectivity index (χ1n) is 6.12. The number of rotatable bonds is 3. The Morgan fingerprint density at radius 2 is 2.00 bits per heavy atom. The predicted molar refractivity (Wildman–Crippen MR) is 72.7 cm³/mol. The van der Waals surface area contributed by atoms with Gasteiger partial charge >= 0.3 is 0 Å². The van der Waals surface area contributed by atoms with Crippen LogP contribution in [-0.4, -0.2) is 17.4 Å². The average molecular weight is 258 g/mol. The molecule has 1 aromatic carbocycles. The van der Waals surface area contributed by atoms with E-state index in [-0.39, 0.29) is 5.91 Å². The molecule has 2 aromatic rings. The van der Waals surface area contributed by atoms with Crippen molar-refractivity contribution in [2.75, 3.05) is 11.4 Å². The van der Waals surface area contributed by atoms with Crippen LogP contribution in [0.25, 0.3) is 0 Å². The molecule has 2 rings (SSSR count). The second-order valence-corrected chi connectivity index (χ2v) is 4.21. The number of nitrogens with zero attached hydrogens (tertiary/aromatic N) is 2. The number of carbonyl (C=O) groups excluding carboxylic acids is 1. The quantitative estimate of drug-likeness (QED) is 0.792. The van der Waals surface area contributed by atoms with E-state index in [4.69, 9.17) is 0 Å². The highest BCUT2D eigenvalue weighted by molar-refractivity contribution is 6.06. The van der Waals surface area contributed by atoms with E-state index in [1.165, 1.54) is 18.3 Å². The van der Waals surface area contributed by atoms with Gasteiger partial charge in [0, 0.05) is 18.4 Å². The lowest BCUT2D eigenvalue weighted by Gasteiger charge is -2.22. The van der Waals surface area contributed by atoms with Crippen molar-refractivity contribution in [1.82, 2.24) is 4.98 Å². The van der Waals surface area contributed by atoms with Crippen molar-refractivity contribution >= 4 is 11.6 Å². The van der Waals surface area contributed by atoms with Crippen LogP contribution in [0.15, 0.2) is 42.6 Å². The average Bonchev–Trinajstić information content (AvgIpc) is 2.42. The van der Waals surface area contributed by atoms with Gasteiger partial charge in [0.05, 0.1) is 5.56 Å². The summed E-state index contributed by atoms with van der Waals surface area (Å²) in [6, 6.07) is 10.3. The molecule has 1 heterocycles. The Morgan fingerprint density at radius 1 is 1.26 bits per heavy atom. The van der Waals surface area contributed by atoms with Crippen molar-refractivity contribution in [3.05, 3.63) is 59.7 Å². The van der Waals surface area contributed by atoms with Crippen LogP contribution in [-0.2, 0) is 0 Å². The fourth-order valence-corrected chi connectivity index (χ4v) is 1.95. The van der Waals surface area contributed by atoms with Crippen molar-refractivity contribution in [2.45, 2.75) is 13.8 Å². The summed E-state index contributed by atoms with van der Waals surface area (Å²) in [6.07, 6.45) is 1.26. The van der Waals surface area contributed by atoms with E-state index in [0.717, 1.165) is 11.3 Å². The van der Waals surface area contributed by atoms with Gasteiger partial charge in [0.2, 0.25) is 5.95 Å². The molecular formula is C15H15FN2O. The Kier molecular flexibility index (Phi) is 3.90. The summed E-state index contributed by atoms with van der Waals surface area (Å²) in [4.78, 5) is 17.6. The molecular weight excluding hydrogens is 243 g/mol. The molecule has 0 aliphatic carbocycles. The maximum atomic E-state index is 12.8. The zero-order valence-electron chi connectivity index (χ0n) is 10.9. The summed E-state index contributed by atoms with van der Waals surface area (Å²) in [6.45, 7) is 4.40. The molecule has 1 amide bonds. The van der Waals surface area contributed by atoms with Crippen molar-refractivity contribution in [3.8, 4) is 0 Å². The van der Waals surface area contributed by atoms with Gasteiger partial charge in [0.1, 0.15) is 0 Å². The molecule has 3 nitrogen and oxygen atoms in total. The predicted octanol–water partition coefficient (Wildman–Crippen LogP) is 3.20. The van der Waals surface area contributed by atoms with E-state index in [9.17, 15) is 9.18 Å². The first-order valence-corrected chi connectivity index (χ1v) is 6.12. The van der Waals surface area contributed by atoms with Crippen LogP contribution in [0, 0.1) is 12.9 Å². The lowest BCUT2D eigenvalue weighted by atomic mass is 10.1. The molecule has 98 valence electrons. The van der Waals surface area contributed by atoms with Crippen LogP contribution in [0.5, 0.6) is 0 Å². The summed E-state index contributed by atoms with van der Waals surface area (Å²) in [5.41, 5.74) is 2.26. The molecule has 0 atom stereocenters. The number of halogens is 1.